The van der Waals surface area contributed by atoms with E-state index in [1.54, 1.807) is 0 Å². The Morgan fingerprint density at radius 1 is 1.26 bits per heavy atom. The van der Waals surface area contributed by atoms with Gasteiger partial charge in [0.05, 0.1) is 0 Å². The molecule has 0 spiro atoms. The summed E-state index contributed by atoms with van der Waals surface area (Å²) in [6, 6.07) is 9.84. The van der Waals surface area contributed by atoms with E-state index in [4.69, 9.17) is 0 Å². The van der Waals surface area contributed by atoms with E-state index in [9.17, 15) is 4.79 Å². The highest BCUT2D eigenvalue weighted by Gasteiger charge is 2.31. The molecule has 1 saturated heterocycles. The van der Waals surface area contributed by atoms with Crippen LogP contribution in [-0.4, -0.2) is 36.5 Å². The predicted molar refractivity (Wildman–Crippen MR) is 91.7 cm³/mol. The lowest BCUT2D eigenvalue weighted by atomic mass is 10.0. The maximum atomic E-state index is 12.3. The fraction of sp³-hybridized carbons (Fsp3) is 0.389. The molecule has 0 saturated carbocycles. The molecule has 1 amide bonds. The molecular weight excluding hydrogens is 288 g/mol. The van der Waals surface area contributed by atoms with Crippen molar-refractivity contribution in [1.82, 2.24) is 9.97 Å². The van der Waals surface area contributed by atoms with Gasteiger partial charge in [-0.05, 0) is 25.0 Å². The van der Waals surface area contributed by atoms with Crippen LogP contribution in [-0.2, 0) is 11.2 Å². The maximum Gasteiger partial charge on any atom is 0.227 e. The monoisotopic (exact) mass is 310 g/mol. The van der Waals surface area contributed by atoms with E-state index in [-0.39, 0.29) is 11.8 Å². The Bertz CT molecular complexity index is 699. The SMILES string of the molecule is Cc1cnc(C[C@H]2CC(=O)N(c3ccccc3)C2)nc1N(C)C. The normalized spacial score (nSPS) is 17.6. The first-order valence-electron chi connectivity index (χ1n) is 7.90. The van der Waals surface area contributed by atoms with Crippen LogP contribution in [0, 0.1) is 12.8 Å². The van der Waals surface area contributed by atoms with Gasteiger partial charge in [0.2, 0.25) is 5.91 Å². The zero-order chi connectivity index (χ0) is 16.4. The lowest BCUT2D eigenvalue weighted by Crippen LogP contribution is -2.24. The molecule has 1 aliphatic rings. The quantitative estimate of drug-likeness (QED) is 0.870. The molecule has 3 rings (SSSR count). The Morgan fingerprint density at radius 2 is 2.00 bits per heavy atom. The van der Waals surface area contributed by atoms with Crippen LogP contribution in [0.15, 0.2) is 36.5 Å². The summed E-state index contributed by atoms with van der Waals surface area (Å²) in [7, 11) is 3.96. The van der Waals surface area contributed by atoms with Gasteiger partial charge < -0.3 is 9.80 Å². The number of aromatic nitrogens is 2. The summed E-state index contributed by atoms with van der Waals surface area (Å²) >= 11 is 0. The number of anilines is 2. The summed E-state index contributed by atoms with van der Waals surface area (Å²) in [6.07, 6.45) is 3.16. The van der Waals surface area contributed by atoms with Crippen molar-refractivity contribution in [3.63, 3.8) is 0 Å². The maximum absolute atomic E-state index is 12.3. The lowest BCUT2D eigenvalue weighted by Gasteiger charge is -2.17. The van der Waals surface area contributed by atoms with Crippen LogP contribution >= 0.6 is 0 Å². The average molecular weight is 310 g/mol. The molecule has 2 heterocycles. The van der Waals surface area contributed by atoms with Crippen LogP contribution in [0.2, 0.25) is 0 Å². The molecular formula is C18H22N4O. The summed E-state index contributed by atoms with van der Waals surface area (Å²) in [5, 5.41) is 0. The van der Waals surface area contributed by atoms with Crippen molar-refractivity contribution in [2.24, 2.45) is 5.92 Å². The van der Waals surface area contributed by atoms with Crippen LogP contribution in [0.1, 0.15) is 17.8 Å². The van der Waals surface area contributed by atoms with E-state index in [0.717, 1.165) is 35.9 Å². The minimum Gasteiger partial charge on any atom is -0.362 e. The molecule has 1 atom stereocenters. The zero-order valence-electron chi connectivity index (χ0n) is 13.9. The predicted octanol–water partition coefficient (Wildman–Crippen LogP) is 2.45. The molecule has 1 aromatic heterocycles. The minimum atomic E-state index is 0.182. The molecule has 1 aliphatic heterocycles. The van der Waals surface area contributed by atoms with Gasteiger partial charge in [-0.1, -0.05) is 18.2 Å². The van der Waals surface area contributed by atoms with E-state index in [1.165, 1.54) is 0 Å². The average Bonchev–Trinajstić information content (AvgIpc) is 2.90. The van der Waals surface area contributed by atoms with Gasteiger partial charge >= 0.3 is 0 Å². The molecule has 120 valence electrons. The first kappa shape index (κ1) is 15.5. The van der Waals surface area contributed by atoms with Crippen molar-refractivity contribution < 1.29 is 4.79 Å². The smallest absolute Gasteiger partial charge is 0.227 e. The highest BCUT2D eigenvalue weighted by molar-refractivity contribution is 5.95. The minimum absolute atomic E-state index is 0.182. The van der Waals surface area contributed by atoms with Crippen molar-refractivity contribution >= 4 is 17.4 Å². The molecule has 5 heteroatoms. The van der Waals surface area contributed by atoms with Crippen LogP contribution in [0.25, 0.3) is 0 Å². The van der Waals surface area contributed by atoms with Crippen LogP contribution in [0.3, 0.4) is 0 Å². The molecule has 0 bridgehead atoms. The number of hydrogen-bond acceptors (Lipinski definition) is 4. The molecule has 23 heavy (non-hydrogen) atoms. The fourth-order valence-electron chi connectivity index (χ4n) is 3.05. The zero-order valence-corrected chi connectivity index (χ0v) is 13.9. The van der Waals surface area contributed by atoms with Crippen molar-refractivity contribution in [1.29, 1.82) is 0 Å². The summed E-state index contributed by atoms with van der Waals surface area (Å²) in [4.78, 5) is 25.2. The molecule has 0 aliphatic carbocycles. The summed E-state index contributed by atoms with van der Waals surface area (Å²) in [5.74, 6) is 2.20. The van der Waals surface area contributed by atoms with Crippen molar-refractivity contribution in [2.75, 3.05) is 30.4 Å². The van der Waals surface area contributed by atoms with E-state index >= 15 is 0 Å². The van der Waals surface area contributed by atoms with Crippen LogP contribution < -0.4 is 9.80 Å². The van der Waals surface area contributed by atoms with Gasteiger partial charge in [-0.2, -0.15) is 0 Å². The van der Waals surface area contributed by atoms with Gasteiger partial charge in [-0.15, -0.1) is 0 Å². The number of nitrogens with zero attached hydrogens (tertiary/aromatic N) is 4. The second-order valence-corrected chi connectivity index (χ2v) is 6.30. The number of amides is 1. The molecule has 0 N–H and O–H groups in total. The first-order chi connectivity index (χ1) is 11.0. The molecule has 0 unspecified atom stereocenters. The standard InChI is InChI=1S/C18H22N4O/c1-13-11-19-16(20-18(13)21(2)3)9-14-10-17(23)22(12-14)15-7-5-4-6-8-15/h4-8,11,14H,9-10,12H2,1-3H3/t14-/m0/s1. The third kappa shape index (κ3) is 3.33. The third-order valence-corrected chi connectivity index (χ3v) is 4.16. The van der Waals surface area contributed by atoms with E-state index in [1.807, 2.05) is 67.3 Å². The van der Waals surface area contributed by atoms with E-state index in [0.29, 0.717) is 6.42 Å². The largest absolute Gasteiger partial charge is 0.362 e. The Kier molecular flexibility index (Phi) is 4.28. The van der Waals surface area contributed by atoms with Crippen LogP contribution in [0.4, 0.5) is 11.5 Å². The second-order valence-electron chi connectivity index (χ2n) is 6.30. The van der Waals surface area contributed by atoms with Crippen molar-refractivity contribution in [3.05, 3.63) is 47.9 Å². The van der Waals surface area contributed by atoms with Gasteiger partial charge in [0.15, 0.2) is 0 Å². The van der Waals surface area contributed by atoms with Gasteiger partial charge in [0, 0.05) is 50.9 Å². The molecule has 0 radical (unpaired) electrons. The summed E-state index contributed by atoms with van der Waals surface area (Å²) < 4.78 is 0. The van der Waals surface area contributed by atoms with Gasteiger partial charge in [-0.25, -0.2) is 9.97 Å². The number of carbonyl (C=O) groups is 1. The topological polar surface area (TPSA) is 49.3 Å². The first-order valence-corrected chi connectivity index (χ1v) is 7.90. The van der Waals surface area contributed by atoms with Gasteiger partial charge in [0.25, 0.3) is 0 Å². The highest BCUT2D eigenvalue weighted by Crippen LogP contribution is 2.27. The number of rotatable bonds is 4. The van der Waals surface area contributed by atoms with Gasteiger partial charge in [0.1, 0.15) is 11.6 Å². The Labute approximate surface area is 137 Å². The van der Waals surface area contributed by atoms with E-state index in [2.05, 4.69) is 9.97 Å². The highest BCUT2D eigenvalue weighted by atomic mass is 16.2. The van der Waals surface area contributed by atoms with Gasteiger partial charge in [-0.3, -0.25) is 4.79 Å². The molecule has 1 fully saturated rings. The van der Waals surface area contributed by atoms with Crippen molar-refractivity contribution in [3.8, 4) is 0 Å². The fourth-order valence-corrected chi connectivity index (χ4v) is 3.05. The number of benzene rings is 1. The lowest BCUT2D eigenvalue weighted by molar-refractivity contribution is -0.117. The van der Waals surface area contributed by atoms with E-state index < -0.39 is 0 Å². The summed E-state index contributed by atoms with van der Waals surface area (Å²) in [5.41, 5.74) is 2.03. The summed E-state index contributed by atoms with van der Waals surface area (Å²) in [6.45, 7) is 2.74. The molecule has 2 aromatic rings. The number of hydrogen-bond donors (Lipinski definition) is 0. The Hall–Kier alpha value is -2.43. The van der Waals surface area contributed by atoms with Crippen LogP contribution in [0.5, 0.6) is 0 Å². The molecule has 5 nitrogen and oxygen atoms in total. The third-order valence-electron chi connectivity index (χ3n) is 4.16. The van der Waals surface area contributed by atoms with Crippen molar-refractivity contribution in [2.45, 2.75) is 19.8 Å². The number of aryl methyl sites for hydroxylation is 1. The molecule has 1 aromatic carbocycles. The Morgan fingerprint density at radius 3 is 2.70 bits per heavy atom. The second kappa shape index (κ2) is 6.36. The number of para-hydroxylation sites is 1. The number of carbonyl (C=O) groups excluding carboxylic acids is 1. The Balaban J connectivity index is 1.73.